The number of urea groups is 1. The van der Waals surface area contributed by atoms with Crippen LogP contribution in [-0.2, 0) is 0 Å². The van der Waals surface area contributed by atoms with Crippen LogP contribution in [0.3, 0.4) is 0 Å². The third kappa shape index (κ3) is 7.49. The number of nitrogens with two attached hydrogens (primary N) is 1. The van der Waals surface area contributed by atoms with Crippen molar-refractivity contribution in [3.05, 3.63) is 83.9 Å². The third-order valence-electron chi connectivity index (χ3n) is 6.90. The summed E-state index contributed by atoms with van der Waals surface area (Å²) in [4.78, 5) is 30.2. The number of nitrogen functional groups attached to an aromatic ring is 1. The van der Waals surface area contributed by atoms with Gasteiger partial charge in [-0.05, 0) is 99.4 Å². The summed E-state index contributed by atoms with van der Waals surface area (Å²) in [6.45, 7) is 3.32. The van der Waals surface area contributed by atoms with Crippen molar-refractivity contribution in [2.75, 3.05) is 55.0 Å². The molecule has 3 aromatic rings. The quantitative estimate of drug-likeness (QED) is 0.274. The normalized spacial score (nSPS) is 14.1. The number of carbonyl (C=O) groups is 2. The van der Waals surface area contributed by atoms with Crippen molar-refractivity contribution in [1.29, 1.82) is 0 Å². The van der Waals surface area contributed by atoms with Gasteiger partial charge in [0.1, 0.15) is 0 Å². The Balaban J connectivity index is 1.42. The molecule has 5 N–H and O–H groups in total. The highest BCUT2D eigenvalue weighted by Crippen LogP contribution is 2.23. The van der Waals surface area contributed by atoms with Crippen molar-refractivity contribution in [1.82, 2.24) is 10.2 Å². The van der Waals surface area contributed by atoms with Crippen molar-refractivity contribution in [3.8, 4) is 0 Å². The van der Waals surface area contributed by atoms with E-state index in [9.17, 15) is 9.59 Å². The molecule has 0 saturated carbocycles. The van der Waals surface area contributed by atoms with Crippen molar-refractivity contribution >= 4 is 34.7 Å². The van der Waals surface area contributed by atoms with Crippen LogP contribution in [0.1, 0.15) is 47.6 Å². The highest BCUT2D eigenvalue weighted by atomic mass is 16.2. The lowest BCUT2D eigenvalue weighted by molar-refractivity contribution is 0.102. The maximum atomic E-state index is 12.9. The van der Waals surface area contributed by atoms with Gasteiger partial charge >= 0.3 is 6.03 Å². The van der Waals surface area contributed by atoms with Gasteiger partial charge in [0.05, 0.1) is 17.4 Å². The van der Waals surface area contributed by atoms with E-state index in [1.807, 2.05) is 67.5 Å². The summed E-state index contributed by atoms with van der Waals surface area (Å²) >= 11 is 0. The summed E-state index contributed by atoms with van der Waals surface area (Å²) in [6.07, 6.45) is 4.29. The second kappa shape index (κ2) is 13.0. The molecule has 1 aliphatic rings. The van der Waals surface area contributed by atoms with Crippen LogP contribution in [0.15, 0.2) is 72.8 Å². The Bertz CT molecular complexity index is 1200. The summed E-state index contributed by atoms with van der Waals surface area (Å²) in [5.41, 5.74) is 10.3. The minimum atomic E-state index is -0.254. The van der Waals surface area contributed by atoms with E-state index in [2.05, 4.69) is 20.9 Å². The number of rotatable bonds is 10. The molecule has 0 aliphatic carbocycles. The largest absolute Gasteiger partial charge is 0.397 e. The fourth-order valence-electron chi connectivity index (χ4n) is 4.69. The van der Waals surface area contributed by atoms with E-state index in [0.29, 0.717) is 16.9 Å². The average molecular weight is 515 g/mol. The zero-order chi connectivity index (χ0) is 26.9. The summed E-state index contributed by atoms with van der Waals surface area (Å²) in [5, 5.41) is 8.95. The van der Waals surface area contributed by atoms with Gasteiger partial charge in [-0.25, -0.2) is 4.79 Å². The minimum Gasteiger partial charge on any atom is -0.397 e. The molecule has 0 radical (unpaired) electrons. The molecule has 0 spiro atoms. The molecule has 1 heterocycles. The fourth-order valence-corrected chi connectivity index (χ4v) is 4.69. The van der Waals surface area contributed by atoms with Gasteiger partial charge in [-0.2, -0.15) is 0 Å². The zero-order valence-corrected chi connectivity index (χ0v) is 22.2. The molecule has 1 unspecified atom stereocenters. The second-order valence-electron chi connectivity index (χ2n) is 9.95. The van der Waals surface area contributed by atoms with E-state index in [0.717, 1.165) is 49.4 Å². The summed E-state index contributed by atoms with van der Waals surface area (Å²) in [7, 11) is 3.96. The van der Waals surface area contributed by atoms with Crippen LogP contribution in [0.4, 0.5) is 27.5 Å². The predicted octanol–water partition coefficient (Wildman–Crippen LogP) is 5.33. The zero-order valence-electron chi connectivity index (χ0n) is 22.2. The van der Waals surface area contributed by atoms with Gasteiger partial charge in [0.2, 0.25) is 0 Å². The van der Waals surface area contributed by atoms with E-state index >= 15 is 0 Å². The highest BCUT2D eigenvalue weighted by molar-refractivity contribution is 6.05. The van der Waals surface area contributed by atoms with Crippen molar-refractivity contribution < 1.29 is 9.59 Å². The molecule has 8 heteroatoms. The molecule has 0 aromatic heterocycles. The standard InChI is InChI=1S/C30H38N6O2/c1-35(2)25-17-15-24(16-18-25)32-30(38)34-27(10-7-21-36-19-5-6-20-36)22-11-13-23(14-12-22)29(37)33-28-9-4-3-8-26(28)31/h3-4,8-9,11-18,27H,5-7,10,19-21,31H2,1-2H3,(H,33,37)(H2,32,34,38). The summed E-state index contributed by atoms with van der Waals surface area (Å²) in [6, 6.07) is 21.9. The summed E-state index contributed by atoms with van der Waals surface area (Å²) < 4.78 is 0. The van der Waals surface area contributed by atoms with Gasteiger partial charge in [0, 0.05) is 31.0 Å². The van der Waals surface area contributed by atoms with Crippen LogP contribution in [0, 0.1) is 0 Å². The van der Waals surface area contributed by atoms with Crippen molar-refractivity contribution in [2.24, 2.45) is 0 Å². The van der Waals surface area contributed by atoms with Gasteiger partial charge in [0.25, 0.3) is 5.91 Å². The van der Waals surface area contributed by atoms with E-state index in [1.165, 1.54) is 12.8 Å². The summed E-state index contributed by atoms with van der Waals surface area (Å²) in [5.74, 6) is -0.230. The first-order valence-electron chi connectivity index (χ1n) is 13.2. The Labute approximate surface area is 225 Å². The maximum absolute atomic E-state index is 12.9. The van der Waals surface area contributed by atoms with Crippen LogP contribution >= 0.6 is 0 Å². The van der Waals surface area contributed by atoms with E-state index in [1.54, 1.807) is 24.3 Å². The Kier molecular flexibility index (Phi) is 9.21. The predicted molar refractivity (Wildman–Crippen MR) is 156 cm³/mol. The molecule has 4 rings (SSSR count). The first-order chi connectivity index (χ1) is 18.4. The fraction of sp³-hybridized carbons (Fsp3) is 0.333. The van der Waals surface area contributed by atoms with Crippen LogP contribution < -0.4 is 26.6 Å². The molecule has 0 bridgehead atoms. The SMILES string of the molecule is CN(C)c1ccc(NC(=O)NC(CCCN2CCCC2)c2ccc(C(=O)Nc3ccccc3N)cc2)cc1. The molecule has 200 valence electrons. The number of anilines is 4. The average Bonchev–Trinajstić information content (AvgIpc) is 3.43. The van der Waals surface area contributed by atoms with Crippen LogP contribution in [0.25, 0.3) is 0 Å². The molecule has 3 amide bonds. The van der Waals surface area contributed by atoms with Crippen LogP contribution in [0.5, 0.6) is 0 Å². The van der Waals surface area contributed by atoms with Gasteiger partial charge in [-0.3, -0.25) is 4.79 Å². The molecular weight excluding hydrogens is 476 g/mol. The second-order valence-corrected chi connectivity index (χ2v) is 9.95. The molecule has 38 heavy (non-hydrogen) atoms. The first kappa shape index (κ1) is 27.0. The smallest absolute Gasteiger partial charge is 0.319 e. The van der Waals surface area contributed by atoms with Gasteiger partial charge in [-0.15, -0.1) is 0 Å². The number of nitrogens with one attached hydrogen (secondary N) is 3. The molecule has 1 fully saturated rings. The van der Waals surface area contributed by atoms with E-state index in [4.69, 9.17) is 5.73 Å². The number of hydrogen-bond acceptors (Lipinski definition) is 5. The maximum Gasteiger partial charge on any atom is 0.319 e. The number of nitrogens with zero attached hydrogens (tertiary/aromatic N) is 2. The van der Waals surface area contributed by atoms with E-state index < -0.39 is 0 Å². The minimum absolute atomic E-state index is 0.180. The number of amides is 3. The molecule has 1 atom stereocenters. The Morgan fingerprint density at radius 1 is 0.921 bits per heavy atom. The van der Waals surface area contributed by atoms with Crippen molar-refractivity contribution in [3.63, 3.8) is 0 Å². The lowest BCUT2D eigenvalue weighted by Gasteiger charge is -2.22. The molecule has 3 aromatic carbocycles. The number of hydrogen-bond donors (Lipinski definition) is 4. The third-order valence-corrected chi connectivity index (χ3v) is 6.90. The van der Waals surface area contributed by atoms with Gasteiger partial charge < -0.3 is 31.5 Å². The lowest BCUT2D eigenvalue weighted by atomic mass is 10.00. The number of benzene rings is 3. The molecule has 1 saturated heterocycles. The monoisotopic (exact) mass is 514 g/mol. The number of likely N-dealkylation sites (tertiary alicyclic amines) is 1. The van der Waals surface area contributed by atoms with Crippen LogP contribution in [-0.4, -0.2) is 50.6 Å². The van der Waals surface area contributed by atoms with Gasteiger partial charge in [-0.1, -0.05) is 24.3 Å². The lowest BCUT2D eigenvalue weighted by Crippen LogP contribution is -2.33. The molecule has 1 aliphatic heterocycles. The Morgan fingerprint density at radius 3 is 2.26 bits per heavy atom. The molecule has 8 nitrogen and oxygen atoms in total. The Morgan fingerprint density at radius 2 is 1.61 bits per heavy atom. The van der Waals surface area contributed by atoms with Gasteiger partial charge in [0.15, 0.2) is 0 Å². The number of para-hydroxylation sites is 2. The highest BCUT2D eigenvalue weighted by Gasteiger charge is 2.18. The topological polar surface area (TPSA) is 103 Å². The first-order valence-corrected chi connectivity index (χ1v) is 13.2. The number of carbonyl (C=O) groups excluding carboxylic acids is 2. The molecular formula is C30H38N6O2. The van der Waals surface area contributed by atoms with E-state index in [-0.39, 0.29) is 18.0 Å². The Hall–Kier alpha value is -4.04. The van der Waals surface area contributed by atoms with Crippen LogP contribution in [0.2, 0.25) is 0 Å². The van der Waals surface area contributed by atoms with Crippen molar-refractivity contribution in [2.45, 2.75) is 31.7 Å².